The topological polar surface area (TPSA) is 75.4 Å². The molecule has 1 N–H and O–H groups in total. The summed E-state index contributed by atoms with van der Waals surface area (Å²) in [4.78, 5) is 29.9. The summed E-state index contributed by atoms with van der Waals surface area (Å²) in [7, 11) is 1.75. The van der Waals surface area contributed by atoms with Gasteiger partial charge in [-0.05, 0) is 30.7 Å². The first-order valence-electron chi connectivity index (χ1n) is 9.16. The number of pyridine rings is 1. The van der Waals surface area contributed by atoms with Crippen molar-refractivity contribution in [3.8, 4) is 0 Å². The molecule has 6 nitrogen and oxygen atoms in total. The molecule has 0 aliphatic carbocycles. The average molecular weight is 375 g/mol. The average Bonchev–Trinajstić information content (AvgIpc) is 3.01. The molecule has 142 valence electrons. The molecule has 0 radical (unpaired) electrons. The third-order valence-corrected chi connectivity index (χ3v) is 4.95. The molecule has 0 bridgehead atoms. The van der Waals surface area contributed by atoms with Gasteiger partial charge in [-0.2, -0.15) is 0 Å². The van der Waals surface area contributed by atoms with Gasteiger partial charge >= 0.3 is 0 Å². The predicted molar refractivity (Wildman–Crippen MR) is 108 cm³/mol. The third kappa shape index (κ3) is 3.53. The molecule has 0 saturated heterocycles. The van der Waals surface area contributed by atoms with E-state index in [1.54, 1.807) is 24.2 Å². The van der Waals surface area contributed by atoms with E-state index in [4.69, 9.17) is 4.42 Å². The van der Waals surface area contributed by atoms with Gasteiger partial charge in [-0.1, -0.05) is 18.2 Å². The van der Waals surface area contributed by atoms with Crippen LogP contribution in [0, 0.1) is 6.92 Å². The number of para-hydroxylation sites is 1. The molecule has 28 heavy (non-hydrogen) atoms. The Morgan fingerprint density at radius 2 is 2.18 bits per heavy atom. The van der Waals surface area contributed by atoms with Crippen LogP contribution in [0.5, 0.6) is 0 Å². The number of hydrogen-bond acceptors (Lipinski definition) is 5. The zero-order valence-corrected chi connectivity index (χ0v) is 15.9. The molecular weight excluding hydrogens is 354 g/mol. The van der Waals surface area contributed by atoms with E-state index < -0.39 is 0 Å². The Kier molecular flexibility index (Phi) is 4.69. The highest BCUT2D eigenvalue weighted by Crippen LogP contribution is 2.26. The lowest BCUT2D eigenvalue weighted by Crippen LogP contribution is -2.24. The van der Waals surface area contributed by atoms with Gasteiger partial charge in [0.25, 0.3) is 0 Å². The number of nitrogens with zero attached hydrogens (tertiary/aromatic N) is 2. The number of aryl methyl sites for hydroxylation is 1. The maximum absolute atomic E-state index is 12.5. The van der Waals surface area contributed by atoms with Crippen molar-refractivity contribution in [1.29, 1.82) is 0 Å². The van der Waals surface area contributed by atoms with Crippen LogP contribution in [0.2, 0.25) is 0 Å². The van der Waals surface area contributed by atoms with Gasteiger partial charge in [-0.15, -0.1) is 0 Å². The van der Waals surface area contributed by atoms with Gasteiger partial charge in [-0.25, -0.2) is 0 Å². The van der Waals surface area contributed by atoms with Gasteiger partial charge in [0.1, 0.15) is 11.3 Å². The summed E-state index contributed by atoms with van der Waals surface area (Å²) < 4.78 is 5.89. The highest BCUT2D eigenvalue weighted by atomic mass is 16.3. The van der Waals surface area contributed by atoms with Crippen molar-refractivity contribution in [2.24, 2.45) is 0 Å². The molecule has 0 unspecified atom stereocenters. The lowest BCUT2D eigenvalue weighted by molar-refractivity contribution is -0.125. The fraction of sp³-hybridized carbons (Fsp3) is 0.227. The van der Waals surface area contributed by atoms with Crippen molar-refractivity contribution in [2.75, 3.05) is 18.9 Å². The minimum Gasteiger partial charge on any atom is -0.459 e. The predicted octanol–water partition coefficient (Wildman–Crippen LogP) is 3.35. The van der Waals surface area contributed by atoms with E-state index in [0.717, 1.165) is 39.2 Å². The van der Waals surface area contributed by atoms with Crippen molar-refractivity contribution in [3.63, 3.8) is 0 Å². The molecular formula is C22H21N3O3. The van der Waals surface area contributed by atoms with E-state index in [0.29, 0.717) is 19.5 Å². The second kappa shape index (κ2) is 7.31. The Hall–Kier alpha value is -3.41. The second-order valence-corrected chi connectivity index (χ2v) is 7.01. The number of carbonyl (C=O) groups is 2. The number of furan rings is 1. The largest absolute Gasteiger partial charge is 0.459 e. The first-order chi connectivity index (χ1) is 13.5. The summed E-state index contributed by atoms with van der Waals surface area (Å²) in [5.41, 5.74) is 4.29. The summed E-state index contributed by atoms with van der Waals surface area (Å²) in [6.07, 6.45) is 5.28. The van der Waals surface area contributed by atoms with Gasteiger partial charge in [0, 0.05) is 30.3 Å². The second-order valence-electron chi connectivity index (χ2n) is 7.01. The molecule has 2 aromatic heterocycles. The van der Waals surface area contributed by atoms with Gasteiger partial charge in [-0.3, -0.25) is 14.6 Å². The molecule has 0 fully saturated rings. The Bertz CT molecular complexity index is 1100. The lowest BCUT2D eigenvalue weighted by atomic mass is 10.1. The normalized spacial score (nSPS) is 13.6. The number of benzene rings is 1. The van der Waals surface area contributed by atoms with Crippen molar-refractivity contribution >= 4 is 34.4 Å². The van der Waals surface area contributed by atoms with Crippen LogP contribution >= 0.6 is 0 Å². The van der Waals surface area contributed by atoms with E-state index in [1.807, 2.05) is 37.3 Å². The van der Waals surface area contributed by atoms with Crippen LogP contribution in [0.4, 0.5) is 5.69 Å². The number of aromatic nitrogens is 1. The van der Waals surface area contributed by atoms with Crippen LogP contribution < -0.4 is 5.32 Å². The number of ketones is 1. The fourth-order valence-corrected chi connectivity index (χ4v) is 3.30. The maximum Gasteiger partial charge on any atom is 0.246 e. The van der Waals surface area contributed by atoms with Crippen LogP contribution in [0.25, 0.3) is 17.0 Å². The first-order valence-corrected chi connectivity index (χ1v) is 9.16. The smallest absolute Gasteiger partial charge is 0.246 e. The number of likely N-dealkylation sites (N-methyl/N-ethyl adjacent to an activating group) is 1. The number of carbonyl (C=O) groups excluding carboxylic acids is 2. The Labute approximate surface area is 162 Å². The molecule has 1 aromatic carbocycles. The van der Waals surface area contributed by atoms with E-state index in [2.05, 4.69) is 10.3 Å². The van der Waals surface area contributed by atoms with Gasteiger partial charge in [0.2, 0.25) is 5.91 Å². The van der Waals surface area contributed by atoms with E-state index in [1.165, 1.54) is 6.08 Å². The number of hydrogen-bond donors (Lipinski definition) is 1. The van der Waals surface area contributed by atoms with Crippen molar-refractivity contribution < 1.29 is 14.0 Å². The van der Waals surface area contributed by atoms with E-state index in [-0.39, 0.29) is 11.7 Å². The SMILES string of the molecule is Cc1c(CN(C)C(=O)/C=C/c2cnc3c(c2)NCC(=O)C3)oc2ccccc12. The van der Waals surface area contributed by atoms with Crippen LogP contribution in [-0.2, 0) is 22.6 Å². The number of rotatable bonds is 4. The zero-order chi connectivity index (χ0) is 19.7. The summed E-state index contributed by atoms with van der Waals surface area (Å²) in [6, 6.07) is 9.76. The fourth-order valence-electron chi connectivity index (χ4n) is 3.30. The number of fused-ring (bicyclic) bond motifs is 2. The minimum absolute atomic E-state index is 0.124. The summed E-state index contributed by atoms with van der Waals surface area (Å²) in [6.45, 7) is 2.72. The number of anilines is 1. The van der Waals surface area contributed by atoms with Crippen LogP contribution in [0.15, 0.2) is 47.0 Å². The minimum atomic E-state index is -0.124. The van der Waals surface area contributed by atoms with Gasteiger partial charge < -0.3 is 14.6 Å². The maximum atomic E-state index is 12.5. The van der Waals surface area contributed by atoms with Crippen LogP contribution in [0.1, 0.15) is 22.6 Å². The standard InChI is InChI=1S/C22H21N3O3/c1-14-17-5-3-4-6-20(17)28-21(14)13-25(2)22(27)8-7-15-9-18-19(23-11-15)10-16(26)12-24-18/h3-9,11,24H,10,12-13H2,1-2H3/b8-7+. The van der Waals surface area contributed by atoms with Crippen molar-refractivity contribution in [2.45, 2.75) is 19.9 Å². The highest BCUT2D eigenvalue weighted by molar-refractivity contribution is 5.92. The third-order valence-electron chi connectivity index (χ3n) is 4.95. The lowest BCUT2D eigenvalue weighted by Gasteiger charge is -2.16. The molecule has 1 aliphatic heterocycles. The molecule has 3 aromatic rings. The summed E-state index contributed by atoms with van der Waals surface area (Å²) in [5, 5.41) is 4.13. The van der Waals surface area contributed by atoms with E-state index >= 15 is 0 Å². The van der Waals surface area contributed by atoms with Crippen molar-refractivity contribution in [1.82, 2.24) is 9.88 Å². The molecule has 1 aliphatic rings. The highest BCUT2D eigenvalue weighted by Gasteiger charge is 2.16. The summed E-state index contributed by atoms with van der Waals surface area (Å²) in [5.74, 6) is 0.788. The molecule has 3 heterocycles. The molecule has 1 amide bonds. The Morgan fingerprint density at radius 1 is 1.36 bits per heavy atom. The van der Waals surface area contributed by atoms with Gasteiger partial charge in [0.15, 0.2) is 5.78 Å². The van der Waals surface area contributed by atoms with Crippen molar-refractivity contribution in [3.05, 3.63) is 65.2 Å². The summed E-state index contributed by atoms with van der Waals surface area (Å²) >= 11 is 0. The number of nitrogens with one attached hydrogen (secondary N) is 1. The number of Topliss-reactive ketones (excluding diaryl/α,β-unsaturated/α-hetero) is 1. The first kappa shape index (κ1) is 18.0. The Balaban J connectivity index is 1.45. The molecule has 6 heteroatoms. The van der Waals surface area contributed by atoms with E-state index in [9.17, 15) is 9.59 Å². The molecule has 0 atom stereocenters. The van der Waals surface area contributed by atoms with Gasteiger partial charge in [0.05, 0.1) is 30.9 Å². The van der Waals surface area contributed by atoms with Crippen LogP contribution in [-0.4, -0.2) is 35.2 Å². The quantitative estimate of drug-likeness (QED) is 0.708. The zero-order valence-electron chi connectivity index (χ0n) is 15.9. The van der Waals surface area contributed by atoms with Crippen LogP contribution in [0.3, 0.4) is 0 Å². The Morgan fingerprint density at radius 3 is 3.00 bits per heavy atom. The molecule has 0 saturated carbocycles. The molecule has 4 rings (SSSR count). The molecule has 0 spiro atoms. The monoisotopic (exact) mass is 375 g/mol. The number of amides is 1.